The molecule has 0 aliphatic carbocycles. The summed E-state index contributed by atoms with van der Waals surface area (Å²) in [7, 11) is 0. The molecule has 1 aromatic carbocycles. The molecule has 0 saturated heterocycles. The number of carboxylic acids is 1. The molecule has 1 rings (SSSR count). The summed E-state index contributed by atoms with van der Waals surface area (Å²) in [4.78, 5) is 10.8. The fraction of sp³-hybridized carbons (Fsp3) is 0.364. The van der Waals surface area contributed by atoms with Crippen molar-refractivity contribution < 1.29 is 15.4 Å². The minimum Gasteiger partial charge on any atom is -0.478 e. The highest BCUT2D eigenvalue weighted by atomic mass is 27.0. The maximum absolute atomic E-state index is 10.8. The Balaban J connectivity index is 0. The van der Waals surface area contributed by atoms with Crippen LogP contribution in [-0.4, -0.2) is 33.9 Å². The maximum Gasteiger partial charge on any atom is 0.335 e. The van der Waals surface area contributed by atoms with E-state index < -0.39 is 5.97 Å². The van der Waals surface area contributed by atoms with Crippen molar-refractivity contribution in [1.82, 2.24) is 0 Å². The fourth-order valence-corrected chi connectivity index (χ4v) is 1.31. The van der Waals surface area contributed by atoms with E-state index >= 15 is 0 Å². The average molecular weight is 223 g/mol. The number of hydrogen-bond acceptors (Lipinski definition) is 1. The highest BCUT2D eigenvalue weighted by Gasteiger charge is 2.07. The maximum atomic E-state index is 10.8. The third-order valence-corrected chi connectivity index (χ3v) is 2.05. The zero-order valence-corrected chi connectivity index (χ0v) is 10.0. The van der Waals surface area contributed by atoms with Gasteiger partial charge in [-0.2, -0.15) is 0 Å². The summed E-state index contributed by atoms with van der Waals surface area (Å²) in [6.07, 6.45) is 3.00. The van der Waals surface area contributed by atoms with Crippen LogP contribution in [0.15, 0.2) is 24.3 Å². The topological polar surface area (TPSA) is 68.8 Å². The van der Waals surface area contributed by atoms with Crippen molar-refractivity contribution in [2.45, 2.75) is 26.2 Å². The van der Waals surface area contributed by atoms with Crippen LogP contribution < -0.4 is 0 Å². The second kappa shape index (κ2) is 8.49. The van der Waals surface area contributed by atoms with Gasteiger partial charge in [0.2, 0.25) is 0 Å². The van der Waals surface area contributed by atoms with E-state index in [-0.39, 0.29) is 22.8 Å². The lowest BCUT2D eigenvalue weighted by atomic mass is 10.0. The Kier molecular flexibility index (Phi) is 9.40. The molecule has 0 heterocycles. The predicted octanol–water partition coefficient (Wildman–Crippen LogP) is 1.52. The highest BCUT2D eigenvalue weighted by molar-refractivity contribution is 5.89. The van der Waals surface area contributed by atoms with Gasteiger partial charge >= 0.3 is 5.97 Å². The lowest BCUT2D eigenvalue weighted by molar-refractivity contribution is 0.0695. The molecule has 3 radical (unpaired) electrons. The standard InChI is InChI=1S/C11H14O2.Al.H2O/c1-2-3-6-9-7-4-5-8-10(9)11(12)13;;/h4-5,7-8H,2-3,6H2,1H3,(H,12,13);;1H2. The molecule has 0 aliphatic heterocycles. The summed E-state index contributed by atoms with van der Waals surface area (Å²) in [6.45, 7) is 2.10. The number of carbonyl (C=O) groups is 1. The lowest BCUT2D eigenvalue weighted by Crippen LogP contribution is -2.01. The van der Waals surface area contributed by atoms with Crippen molar-refractivity contribution >= 4 is 23.3 Å². The molecule has 0 saturated carbocycles. The summed E-state index contributed by atoms with van der Waals surface area (Å²) in [6, 6.07) is 7.20. The SMILES string of the molecule is CCCCc1ccccc1C(=O)O.O.[Al]. The monoisotopic (exact) mass is 223 g/mol. The predicted molar refractivity (Wildman–Crippen MR) is 61.4 cm³/mol. The average Bonchev–Trinajstić information content (AvgIpc) is 2.15. The van der Waals surface area contributed by atoms with E-state index in [9.17, 15) is 4.79 Å². The number of carboxylic acid groups (broad SMARTS) is 1. The van der Waals surface area contributed by atoms with Crippen LogP contribution in [0.3, 0.4) is 0 Å². The van der Waals surface area contributed by atoms with Crippen molar-refractivity contribution in [3.8, 4) is 0 Å². The number of benzene rings is 1. The second-order valence-corrected chi connectivity index (χ2v) is 3.07. The van der Waals surface area contributed by atoms with E-state index in [2.05, 4.69) is 6.92 Å². The van der Waals surface area contributed by atoms with Crippen LogP contribution in [0.5, 0.6) is 0 Å². The number of unbranched alkanes of at least 4 members (excludes halogenated alkanes) is 1. The molecule has 0 aromatic heterocycles. The summed E-state index contributed by atoms with van der Waals surface area (Å²) < 4.78 is 0. The number of aromatic carboxylic acids is 1. The van der Waals surface area contributed by atoms with E-state index in [0.717, 1.165) is 24.8 Å². The van der Waals surface area contributed by atoms with Gasteiger partial charge in [0.1, 0.15) is 0 Å². The van der Waals surface area contributed by atoms with Crippen LogP contribution in [-0.2, 0) is 6.42 Å². The van der Waals surface area contributed by atoms with Crippen molar-refractivity contribution in [1.29, 1.82) is 0 Å². The van der Waals surface area contributed by atoms with Crippen molar-refractivity contribution in [2.24, 2.45) is 0 Å². The minimum absolute atomic E-state index is 0. The molecule has 1 aromatic rings. The van der Waals surface area contributed by atoms with Crippen LogP contribution in [0.2, 0.25) is 0 Å². The van der Waals surface area contributed by atoms with Gasteiger partial charge in [0.25, 0.3) is 0 Å². The summed E-state index contributed by atoms with van der Waals surface area (Å²) in [5.74, 6) is -0.827. The van der Waals surface area contributed by atoms with Gasteiger partial charge in [0.15, 0.2) is 0 Å². The molecule has 4 heteroatoms. The molecule has 15 heavy (non-hydrogen) atoms. The first kappa shape index (κ1) is 16.6. The quantitative estimate of drug-likeness (QED) is 0.786. The molecule has 3 nitrogen and oxygen atoms in total. The van der Waals surface area contributed by atoms with E-state index in [1.54, 1.807) is 12.1 Å². The van der Waals surface area contributed by atoms with Gasteiger partial charge < -0.3 is 10.6 Å². The van der Waals surface area contributed by atoms with Crippen LogP contribution in [0.25, 0.3) is 0 Å². The Labute approximate surface area is 101 Å². The Bertz CT molecular complexity index is 300. The van der Waals surface area contributed by atoms with Gasteiger partial charge in [-0.05, 0) is 24.5 Å². The Hall–Kier alpha value is -0.818. The molecule has 3 N–H and O–H groups in total. The Morgan fingerprint density at radius 3 is 2.47 bits per heavy atom. The molecule has 0 unspecified atom stereocenters. The van der Waals surface area contributed by atoms with E-state index in [1.807, 2.05) is 12.1 Å². The van der Waals surface area contributed by atoms with Crippen molar-refractivity contribution in [3.63, 3.8) is 0 Å². The zero-order chi connectivity index (χ0) is 9.68. The zero-order valence-electron chi connectivity index (χ0n) is 8.86. The first-order valence-corrected chi connectivity index (χ1v) is 4.57. The normalized spacial score (nSPS) is 8.60. The molecule has 0 bridgehead atoms. The summed E-state index contributed by atoms with van der Waals surface area (Å²) in [5, 5.41) is 8.86. The summed E-state index contributed by atoms with van der Waals surface area (Å²) >= 11 is 0. The van der Waals surface area contributed by atoms with Gasteiger partial charge in [-0.3, -0.25) is 0 Å². The van der Waals surface area contributed by atoms with E-state index in [4.69, 9.17) is 5.11 Å². The third-order valence-electron chi connectivity index (χ3n) is 2.05. The molecular weight excluding hydrogens is 207 g/mol. The lowest BCUT2D eigenvalue weighted by Gasteiger charge is -2.03. The Morgan fingerprint density at radius 1 is 1.33 bits per heavy atom. The van der Waals surface area contributed by atoms with Crippen LogP contribution >= 0.6 is 0 Å². The first-order valence-electron chi connectivity index (χ1n) is 4.57. The van der Waals surface area contributed by atoms with E-state index in [1.165, 1.54) is 0 Å². The molecule has 0 atom stereocenters. The summed E-state index contributed by atoms with van der Waals surface area (Å²) in [5.41, 5.74) is 1.38. The van der Waals surface area contributed by atoms with Gasteiger partial charge in [-0.1, -0.05) is 31.5 Å². The second-order valence-electron chi connectivity index (χ2n) is 3.07. The highest BCUT2D eigenvalue weighted by Crippen LogP contribution is 2.11. The molecule has 81 valence electrons. The first-order chi connectivity index (χ1) is 6.25. The van der Waals surface area contributed by atoms with Crippen molar-refractivity contribution in [2.75, 3.05) is 0 Å². The van der Waals surface area contributed by atoms with Gasteiger partial charge in [0.05, 0.1) is 5.56 Å². The third kappa shape index (κ3) is 4.99. The molecule has 0 fully saturated rings. The van der Waals surface area contributed by atoms with Gasteiger partial charge in [-0.25, -0.2) is 4.79 Å². The number of hydrogen-bond donors (Lipinski definition) is 1. The Morgan fingerprint density at radius 2 is 1.93 bits per heavy atom. The van der Waals surface area contributed by atoms with Crippen LogP contribution in [0.1, 0.15) is 35.7 Å². The number of aryl methyl sites for hydroxylation is 1. The van der Waals surface area contributed by atoms with Crippen molar-refractivity contribution in [3.05, 3.63) is 35.4 Å². The minimum atomic E-state index is -0.827. The molecule has 0 amide bonds. The largest absolute Gasteiger partial charge is 0.478 e. The van der Waals surface area contributed by atoms with Crippen LogP contribution in [0, 0.1) is 0 Å². The van der Waals surface area contributed by atoms with E-state index in [0.29, 0.717) is 5.56 Å². The van der Waals surface area contributed by atoms with Crippen LogP contribution in [0.4, 0.5) is 0 Å². The van der Waals surface area contributed by atoms with Gasteiger partial charge in [0, 0.05) is 17.4 Å². The fourth-order valence-electron chi connectivity index (χ4n) is 1.31. The molecular formula is C11H16AlO3. The molecule has 0 spiro atoms. The molecule has 0 aliphatic rings. The smallest absolute Gasteiger partial charge is 0.335 e. The number of rotatable bonds is 4. The van der Waals surface area contributed by atoms with Gasteiger partial charge in [-0.15, -0.1) is 0 Å².